The number of anilines is 1. The van der Waals surface area contributed by atoms with Crippen LogP contribution in [-0.4, -0.2) is 60.6 Å². The maximum absolute atomic E-state index is 13.1. The lowest BCUT2D eigenvalue weighted by Gasteiger charge is -2.37. The molecule has 6 nitrogen and oxygen atoms in total. The highest BCUT2D eigenvalue weighted by molar-refractivity contribution is 5.90. The number of hydrogen-bond acceptors (Lipinski definition) is 4. The van der Waals surface area contributed by atoms with Crippen LogP contribution in [0.25, 0.3) is 0 Å². The van der Waals surface area contributed by atoms with Crippen LogP contribution in [0, 0.1) is 5.82 Å². The molecule has 1 heterocycles. The SMILES string of the molecule is CC(C(=O)N[C@@H](CO)C(=O)N1CCN(c2ccc(F)cc2)CC1)c1ccccc1. The number of nitrogens with zero attached hydrogens (tertiary/aromatic N) is 2. The molecule has 3 rings (SSSR count). The molecule has 29 heavy (non-hydrogen) atoms. The summed E-state index contributed by atoms with van der Waals surface area (Å²) < 4.78 is 13.1. The minimum absolute atomic E-state index is 0.283. The molecule has 1 aliphatic rings. The van der Waals surface area contributed by atoms with Gasteiger partial charge in [0.15, 0.2) is 0 Å². The fourth-order valence-electron chi connectivity index (χ4n) is 3.43. The number of amides is 2. The summed E-state index contributed by atoms with van der Waals surface area (Å²) in [5, 5.41) is 12.4. The summed E-state index contributed by atoms with van der Waals surface area (Å²) in [6.45, 7) is 3.46. The summed E-state index contributed by atoms with van der Waals surface area (Å²) in [7, 11) is 0. The predicted molar refractivity (Wildman–Crippen MR) is 109 cm³/mol. The number of rotatable bonds is 6. The zero-order chi connectivity index (χ0) is 20.8. The largest absolute Gasteiger partial charge is 0.394 e. The van der Waals surface area contributed by atoms with Crippen LogP contribution in [0.5, 0.6) is 0 Å². The van der Waals surface area contributed by atoms with Gasteiger partial charge in [-0.05, 0) is 36.8 Å². The number of piperazine rings is 1. The summed E-state index contributed by atoms with van der Waals surface area (Å²) in [4.78, 5) is 29.1. The van der Waals surface area contributed by atoms with Gasteiger partial charge in [-0.1, -0.05) is 30.3 Å². The van der Waals surface area contributed by atoms with Gasteiger partial charge in [0, 0.05) is 31.9 Å². The summed E-state index contributed by atoms with van der Waals surface area (Å²) in [6.07, 6.45) is 0. The number of carbonyl (C=O) groups excluding carboxylic acids is 2. The number of hydrogen-bond donors (Lipinski definition) is 2. The standard InChI is InChI=1S/C22H26FN3O3/c1-16(17-5-3-2-4-6-17)21(28)24-20(15-27)22(29)26-13-11-25(12-14-26)19-9-7-18(23)8-10-19/h2-10,16,20,27H,11-15H2,1H3,(H,24,28)/t16?,20-/m0/s1. The van der Waals surface area contributed by atoms with E-state index >= 15 is 0 Å². The van der Waals surface area contributed by atoms with Crippen LogP contribution in [-0.2, 0) is 9.59 Å². The summed E-state index contributed by atoms with van der Waals surface area (Å²) in [5.74, 6) is -1.30. The highest BCUT2D eigenvalue weighted by Gasteiger charge is 2.29. The van der Waals surface area contributed by atoms with Crippen LogP contribution in [0.4, 0.5) is 10.1 Å². The number of aliphatic hydroxyl groups excluding tert-OH is 1. The molecule has 2 atom stereocenters. The molecule has 0 radical (unpaired) electrons. The van der Waals surface area contributed by atoms with Crippen molar-refractivity contribution in [1.29, 1.82) is 0 Å². The predicted octanol–water partition coefficient (Wildman–Crippen LogP) is 1.76. The van der Waals surface area contributed by atoms with Gasteiger partial charge in [-0.2, -0.15) is 0 Å². The Balaban J connectivity index is 1.56. The molecule has 1 saturated heterocycles. The fraction of sp³-hybridized carbons (Fsp3) is 0.364. The molecule has 0 aliphatic carbocycles. The zero-order valence-electron chi connectivity index (χ0n) is 16.4. The topological polar surface area (TPSA) is 72.9 Å². The molecule has 1 unspecified atom stereocenters. The van der Waals surface area contributed by atoms with Gasteiger partial charge in [0.05, 0.1) is 12.5 Å². The lowest BCUT2D eigenvalue weighted by molar-refractivity contribution is -0.138. The molecule has 2 aromatic carbocycles. The first kappa shape index (κ1) is 20.8. The minimum Gasteiger partial charge on any atom is -0.394 e. The van der Waals surface area contributed by atoms with E-state index in [1.54, 1.807) is 24.0 Å². The lowest BCUT2D eigenvalue weighted by Crippen LogP contribution is -2.56. The molecular weight excluding hydrogens is 373 g/mol. The molecule has 0 saturated carbocycles. The summed E-state index contributed by atoms with van der Waals surface area (Å²) in [6, 6.07) is 14.6. The van der Waals surface area contributed by atoms with Gasteiger partial charge >= 0.3 is 0 Å². The first-order valence-corrected chi connectivity index (χ1v) is 9.75. The van der Waals surface area contributed by atoms with E-state index in [4.69, 9.17) is 0 Å². The number of nitrogens with one attached hydrogen (secondary N) is 1. The van der Waals surface area contributed by atoms with Crippen molar-refractivity contribution in [3.63, 3.8) is 0 Å². The average molecular weight is 399 g/mol. The van der Waals surface area contributed by atoms with Gasteiger partial charge in [-0.15, -0.1) is 0 Å². The van der Waals surface area contributed by atoms with Crippen LogP contribution in [0.15, 0.2) is 54.6 Å². The summed E-state index contributed by atoms with van der Waals surface area (Å²) in [5.41, 5.74) is 1.75. The van der Waals surface area contributed by atoms with E-state index in [2.05, 4.69) is 10.2 Å². The van der Waals surface area contributed by atoms with Crippen LogP contribution >= 0.6 is 0 Å². The average Bonchev–Trinajstić information content (AvgIpc) is 2.77. The molecule has 7 heteroatoms. The molecule has 2 amide bonds. The van der Waals surface area contributed by atoms with Crippen molar-refractivity contribution in [2.45, 2.75) is 18.9 Å². The first-order chi connectivity index (χ1) is 14.0. The fourth-order valence-corrected chi connectivity index (χ4v) is 3.43. The van der Waals surface area contributed by atoms with E-state index < -0.39 is 18.6 Å². The van der Waals surface area contributed by atoms with E-state index in [1.807, 2.05) is 30.3 Å². The van der Waals surface area contributed by atoms with Gasteiger partial charge in [0.1, 0.15) is 11.9 Å². The van der Waals surface area contributed by atoms with E-state index in [0.717, 1.165) is 11.3 Å². The summed E-state index contributed by atoms with van der Waals surface area (Å²) >= 11 is 0. The monoisotopic (exact) mass is 399 g/mol. The van der Waals surface area contributed by atoms with Crippen molar-refractivity contribution in [2.24, 2.45) is 0 Å². The Morgan fingerprint density at radius 2 is 1.66 bits per heavy atom. The normalized spacial score (nSPS) is 16.2. The quantitative estimate of drug-likeness (QED) is 0.776. The maximum Gasteiger partial charge on any atom is 0.247 e. The van der Waals surface area contributed by atoms with Crippen LogP contribution < -0.4 is 10.2 Å². The molecule has 0 bridgehead atoms. The second kappa shape index (κ2) is 9.52. The second-order valence-corrected chi connectivity index (χ2v) is 7.16. The van der Waals surface area contributed by atoms with Crippen molar-refractivity contribution < 1.29 is 19.1 Å². The molecule has 0 aromatic heterocycles. The van der Waals surface area contributed by atoms with Gasteiger partial charge in [-0.25, -0.2) is 4.39 Å². The van der Waals surface area contributed by atoms with Crippen molar-refractivity contribution in [1.82, 2.24) is 10.2 Å². The van der Waals surface area contributed by atoms with Gasteiger partial charge in [0.25, 0.3) is 0 Å². The van der Waals surface area contributed by atoms with Crippen molar-refractivity contribution >= 4 is 17.5 Å². The van der Waals surface area contributed by atoms with Gasteiger partial charge in [-0.3, -0.25) is 9.59 Å². The highest BCUT2D eigenvalue weighted by atomic mass is 19.1. The number of benzene rings is 2. The minimum atomic E-state index is -0.967. The number of aliphatic hydroxyl groups is 1. The molecule has 1 aliphatic heterocycles. The molecule has 0 spiro atoms. The van der Waals surface area contributed by atoms with Crippen LogP contribution in [0.2, 0.25) is 0 Å². The second-order valence-electron chi connectivity index (χ2n) is 7.16. The highest BCUT2D eigenvalue weighted by Crippen LogP contribution is 2.18. The Hall–Kier alpha value is -2.93. The first-order valence-electron chi connectivity index (χ1n) is 9.75. The Morgan fingerprint density at radius 1 is 1.03 bits per heavy atom. The van der Waals surface area contributed by atoms with Crippen molar-refractivity contribution in [2.75, 3.05) is 37.7 Å². The van der Waals surface area contributed by atoms with Gasteiger partial charge < -0.3 is 20.2 Å². The Morgan fingerprint density at radius 3 is 2.24 bits per heavy atom. The molecular formula is C22H26FN3O3. The lowest BCUT2D eigenvalue weighted by atomic mass is 10.00. The van der Waals surface area contributed by atoms with Crippen LogP contribution in [0.1, 0.15) is 18.4 Å². The zero-order valence-corrected chi connectivity index (χ0v) is 16.4. The Labute approximate surface area is 169 Å². The third-order valence-electron chi connectivity index (χ3n) is 5.27. The third-order valence-corrected chi connectivity index (χ3v) is 5.27. The molecule has 154 valence electrons. The Kier molecular flexibility index (Phi) is 6.82. The van der Waals surface area contributed by atoms with E-state index in [0.29, 0.717) is 26.2 Å². The molecule has 2 N–H and O–H groups in total. The Bertz CT molecular complexity index is 821. The maximum atomic E-state index is 13.1. The van der Waals surface area contributed by atoms with E-state index in [1.165, 1.54) is 12.1 Å². The van der Waals surface area contributed by atoms with Gasteiger partial charge in [0.2, 0.25) is 11.8 Å². The van der Waals surface area contributed by atoms with E-state index in [9.17, 15) is 19.1 Å². The van der Waals surface area contributed by atoms with E-state index in [-0.39, 0.29) is 17.6 Å². The third kappa shape index (κ3) is 5.12. The van der Waals surface area contributed by atoms with Crippen molar-refractivity contribution in [3.8, 4) is 0 Å². The molecule has 2 aromatic rings. The number of halogens is 1. The smallest absolute Gasteiger partial charge is 0.247 e. The van der Waals surface area contributed by atoms with Crippen LogP contribution in [0.3, 0.4) is 0 Å². The van der Waals surface area contributed by atoms with Crippen molar-refractivity contribution in [3.05, 3.63) is 66.0 Å². The number of carbonyl (C=O) groups is 2. The molecule has 1 fully saturated rings.